The molecule has 1 aliphatic carbocycles. The zero-order valence-corrected chi connectivity index (χ0v) is 22.2. The SMILES string of the molecule is CC1(C)c2ccccc2-c2cc(-c3cc(Cl)c(Cl)cc3-c3cc4ccccc4c4ccccc34)ccc21. The fraction of sp³-hybridized carbons (Fsp3) is 0.0857. The molecule has 0 fully saturated rings. The van der Waals surface area contributed by atoms with Crippen LogP contribution in [0.1, 0.15) is 25.0 Å². The molecule has 1 aliphatic rings. The minimum atomic E-state index is -0.0283. The monoisotopic (exact) mass is 514 g/mol. The standard InChI is InChI=1S/C35H24Cl2/c1-35(2)31-14-8-7-13-26(31)30-18-22(15-16-32(30)35)27-19-33(36)34(37)20-29(27)28-17-21-9-3-4-10-23(21)24-11-5-6-12-25(24)28/h3-20H,1-2H3. The van der Waals surface area contributed by atoms with Gasteiger partial charge in [-0.2, -0.15) is 0 Å². The first-order valence-electron chi connectivity index (χ1n) is 12.6. The molecular weight excluding hydrogens is 491 g/mol. The van der Waals surface area contributed by atoms with Crippen LogP contribution in [0.4, 0.5) is 0 Å². The van der Waals surface area contributed by atoms with Gasteiger partial charge in [0.2, 0.25) is 0 Å². The lowest BCUT2D eigenvalue weighted by molar-refractivity contribution is 0.660. The van der Waals surface area contributed by atoms with Crippen LogP contribution < -0.4 is 0 Å². The summed E-state index contributed by atoms with van der Waals surface area (Å²) >= 11 is 13.3. The zero-order chi connectivity index (χ0) is 25.3. The van der Waals surface area contributed by atoms with E-state index in [0.717, 1.165) is 22.3 Å². The van der Waals surface area contributed by atoms with E-state index in [-0.39, 0.29) is 5.41 Å². The van der Waals surface area contributed by atoms with Crippen molar-refractivity contribution in [1.29, 1.82) is 0 Å². The molecule has 178 valence electrons. The molecule has 0 nitrogen and oxygen atoms in total. The number of rotatable bonds is 2. The van der Waals surface area contributed by atoms with Gasteiger partial charge in [-0.25, -0.2) is 0 Å². The number of fused-ring (bicyclic) bond motifs is 6. The molecule has 0 unspecified atom stereocenters. The Morgan fingerprint density at radius 3 is 1.89 bits per heavy atom. The van der Waals surface area contributed by atoms with Crippen molar-refractivity contribution in [1.82, 2.24) is 0 Å². The number of halogens is 2. The average molecular weight is 515 g/mol. The van der Waals surface area contributed by atoms with E-state index in [0.29, 0.717) is 10.0 Å². The molecule has 0 saturated heterocycles. The molecular formula is C35H24Cl2. The third-order valence-electron chi connectivity index (χ3n) is 8.01. The van der Waals surface area contributed by atoms with Gasteiger partial charge in [-0.3, -0.25) is 0 Å². The second kappa shape index (κ2) is 8.21. The molecule has 0 spiro atoms. The fourth-order valence-electron chi connectivity index (χ4n) is 6.17. The van der Waals surface area contributed by atoms with Crippen molar-refractivity contribution >= 4 is 44.7 Å². The van der Waals surface area contributed by atoms with E-state index in [9.17, 15) is 0 Å². The topological polar surface area (TPSA) is 0 Å². The summed E-state index contributed by atoms with van der Waals surface area (Å²) < 4.78 is 0. The van der Waals surface area contributed by atoms with Gasteiger partial charge in [0.25, 0.3) is 0 Å². The Morgan fingerprint density at radius 1 is 0.459 bits per heavy atom. The van der Waals surface area contributed by atoms with E-state index in [4.69, 9.17) is 23.2 Å². The summed E-state index contributed by atoms with van der Waals surface area (Å²) in [5, 5.41) is 6.01. The van der Waals surface area contributed by atoms with Crippen molar-refractivity contribution in [3.8, 4) is 33.4 Å². The van der Waals surface area contributed by atoms with Crippen LogP contribution >= 0.6 is 23.2 Å². The molecule has 0 bridgehead atoms. The Bertz CT molecular complexity index is 1880. The van der Waals surface area contributed by atoms with Crippen molar-refractivity contribution in [3.63, 3.8) is 0 Å². The molecule has 6 aromatic carbocycles. The second-order valence-corrected chi connectivity index (χ2v) is 11.2. The summed E-state index contributed by atoms with van der Waals surface area (Å²) in [5.41, 5.74) is 9.76. The van der Waals surface area contributed by atoms with Crippen LogP contribution in [0.25, 0.3) is 54.9 Å². The Hall–Kier alpha value is -3.58. The van der Waals surface area contributed by atoms with Crippen LogP contribution in [0.2, 0.25) is 10.0 Å². The molecule has 0 atom stereocenters. The maximum Gasteiger partial charge on any atom is 0.0598 e. The predicted octanol–water partition coefficient (Wildman–Crippen LogP) is 10.9. The van der Waals surface area contributed by atoms with Crippen molar-refractivity contribution in [2.45, 2.75) is 19.3 Å². The summed E-state index contributed by atoms with van der Waals surface area (Å²) in [6.07, 6.45) is 0. The maximum absolute atomic E-state index is 6.66. The average Bonchev–Trinajstić information content (AvgIpc) is 3.16. The lowest BCUT2D eigenvalue weighted by Crippen LogP contribution is -2.14. The van der Waals surface area contributed by atoms with E-state index in [1.165, 1.54) is 43.8 Å². The van der Waals surface area contributed by atoms with Gasteiger partial charge in [-0.15, -0.1) is 0 Å². The van der Waals surface area contributed by atoms with Crippen LogP contribution in [0.5, 0.6) is 0 Å². The first-order valence-corrected chi connectivity index (χ1v) is 13.3. The van der Waals surface area contributed by atoms with Crippen molar-refractivity contribution in [2.24, 2.45) is 0 Å². The Kier molecular flexibility index (Phi) is 5.02. The lowest BCUT2D eigenvalue weighted by atomic mass is 9.82. The summed E-state index contributed by atoms with van der Waals surface area (Å²) in [4.78, 5) is 0. The molecule has 0 aliphatic heterocycles. The Balaban J connectivity index is 1.53. The third kappa shape index (κ3) is 3.37. The third-order valence-corrected chi connectivity index (χ3v) is 8.74. The fourth-order valence-corrected chi connectivity index (χ4v) is 6.50. The van der Waals surface area contributed by atoms with Crippen LogP contribution in [0, 0.1) is 0 Å². The largest absolute Gasteiger partial charge is 0.0827 e. The number of benzene rings is 6. The highest BCUT2D eigenvalue weighted by Gasteiger charge is 2.35. The highest BCUT2D eigenvalue weighted by Crippen LogP contribution is 2.50. The van der Waals surface area contributed by atoms with Gasteiger partial charge in [0.05, 0.1) is 10.0 Å². The molecule has 0 amide bonds. The second-order valence-electron chi connectivity index (χ2n) is 10.4. The molecule has 0 N–H and O–H groups in total. The summed E-state index contributed by atoms with van der Waals surface area (Å²) in [5.74, 6) is 0. The first-order chi connectivity index (χ1) is 17.9. The molecule has 0 radical (unpaired) electrons. The maximum atomic E-state index is 6.66. The molecule has 6 aromatic rings. The van der Waals surface area contributed by atoms with Crippen molar-refractivity contribution < 1.29 is 0 Å². The van der Waals surface area contributed by atoms with Crippen LogP contribution in [0.15, 0.2) is 109 Å². The Labute approximate surface area is 227 Å². The van der Waals surface area contributed by atoms with Gasteiger partial charge >= 0.3 is 0 Å². The quantitative estimate of drug-likeness (QED) is 0.201. The van der Waals surface area contributed by atoms with Gasteiger partial charge in [0.15, 0.2) is 0 Å². The molecule has 37 heavy (non-hydrogen) atoms. The normalized spacial score (nSPS) is 13.6. The molecule has 7 rings (SSSR count). The molecule has 0 saturated carbocycles. The van der Waals surface area contributed by atoms with Crippen LogP contribution in [-0.2, 0) is 5.41 Å². The van der Waals surface area contributed by atoms with Gasteiger partial charge in [0.1, 0.15) is 0 Å². The summed E-state index contributed by atoms with van der Waals surface area (Å²) in [7, 11) is 0. The van der Waals surface area contributed by atoms with Crippen LogP contribution in [-0.4, -0.2) is 0 Å². The summed E-state index contributed by atoms with van der Waals surface area (Å²) in [6.45, 7) is 4.62. The van der Waals surface area contributed by atoms with Crippen LogP contribution in [0.3, 0.4) is 0 Å². The van der Waals surface area contributed by atoms with Gasteiger partial charge < -0.3 is 0 Å². The smallest absolute Gasteiger partial charge is 0.0598 e. The number of hydrogen-bond donors (Lipinski definition) is 0. The van der Waals surface area contributed by atoms with E-state index in [1.54, 1.807) is 0 Å². The summed E-state index contributed by atoms with van der Waals surface area (Å²) in [6, 6.07) is 39.1. The minimum Gasteiger partial charge on any atom is -0.0827 e. The molecule has 0 heterocycles. The van der Waals surface area contributed by atoms with E-state index < -0.39 is 0 Å². The number of hydrogen-bond acceptors (Lipinski definition) is 0. The highest BCUT2D eigenvalue weighted by atomic mass is 35.5. The Morgan fingerprint density at radius 2 is 1.08 bits per heavy atom. The highest BCUT2D eigenvalue weighted by molar-refractivity contribution is 6.42. The first kappa shape index (κ1) is 22.6. The molecule has 2 heteroatoms. The van der Waals surface area contributed by atoms with Gasteiger partial charge in [-0.05, 0) is 90.3 Å². The van der Waals surface area contributed by atoms with E-state index in [1.807, 2.05) is 12.1 Å². The molecule has 0 aromatic heterocycles. The van der Waals surface area contributed by atoms with Crippen molar-refractivity contribution in [3.05, 3.63) is 130 Å². The predicted molar refractivity (Wildman–Crippen MR) is 160 cm³/mol. The zero-order valence-electron chi connectivity index (χ0n) is 20.6. The van der Waals surface area contributed by atoms with Gasteiger partial charge in [0, 0.05) is 5.41 Å². The van der Waals surface area contributed by atoms with Gasteiger partial charge in [-0.1, -0.05) is 122 Å². The lowest BCUT2D eigenvalue weighted by Gasteiger charge is -2.21. The minimum absolute atomic E-state index is 0.0283. The van der Waals surface area contributed by atoms with Crippen molar-refractivity contribution in [2.75, 3.05) is 0 Å². The van der Waals surface area contributed by atoms with E-state index in [2.05, 4.69) is 111 Å². The van der Waals surface area contributed by atoms with E-state index >= 15 is 0 Å².